The van der Waals surface area contributed by atoms with Gasteiger partial charge in [-0.25, -0.2) is 9.78 Å². The van der Waals surface area contributed by atoms with Crippen LogP contribution >= 0.6 is 23.1 Å². The molecule has 2 aliphatic heterocycles. The highest BCUT2D eigenvalue weighted by Gasteiger charge is 2.54. The molecule has 0 aromatic carbocycles. The Labute approximate surface area is 218 Å². The van der Waals surface area contributed by atoms with E-state index >= 15 is 0 Å². The monoisotopic (exact) mass is 553 g/mol. The molecule has 3 atom stereocenters. The van der Waals surface area contributed by atoms with Gasteiger partial charge in [0.2, 0.25) is 6.29 Å². The fourth-order valence-electron chi connectivity index (χ4n) is 3.40. The third-order valence-electron chi connectivity index (χ3n) is 4.86. The molecule has 1 saturated heterocycles. The van der Waals surface area contributed by atoms with Crippen molar-refractivity contribution in [1.29, 1.82) is 0 Å². The minimum atomic E-state index is -1.22. The molecule has 0 spiro atoms. The van der Waals surface area contributed by atoms with Crippen LogP contribution in [0.2, 0.25) is 0 Å². The van der Waals surface area contributed by atoms with Crippen molar-refractivity contribution in [3.8, 4) is 0 Å². The Hall–Kier alpha value is -3.92. The van der Waals surface area contributed by atoms with E-state index in [0.29, 0.717) is 5.57 Å². The van der Waals surface area contributed by atoms with E-state index in [-0.39, 0.29) is 28.9 Å². The van der Waals surface area contributed by atoms with Gasteiger partial charge >= 0.3 is 17.9 Å². The SMILES string of the molecule is CC(=O)OC/C=C\C1=C(C(=O)OC(C)OC(C)=O)N2C(=O)C(NC(=O)/C(=N\O)c3csc(N)n3)[C@H]2SC1. The van der Waals surface area contributed by atoms with Gasteiger partial charge in [-0.2, -0.15) is 0 Å². The summed E-state index contributed by atoms with van der Waals surface area (Å²) in [5, 5.41) is 15.7. The Morgan fingerprint density at radius 2 is 2.05 bits per heavy atom. The highest BCUT2D eigenvalue weighted by Crippen LogP contribution is 2.41. The molecule has 1 aromatic heterocycles. The third-order valence-corrected chi connectivity index (χ3v) is 6.84. The summed E-state index contributed by atoms with van der Waals surface area (Å²) >= 11 is 2.29. The Kier molecular flexibility index (Phi) is 8.88. The zero-order valence-electron chi connectivity index (χ0n) is 19.8. The molecule has 3 heterocycles. The normalized spacial score (nSPS) is 20.1. The van der Waals surface area contributed by atoms with Crippen molar-refractivity contribution < 1.29 is 43.4 Å². The molecule has 4 N–H and O–H groups in total. The number of nitrogens with two attached hydrogens (primary N) is 1. The second-order valence-corrected chi connectivity index (χ2v) is 9.54. The molecule has 2 aliphatic rings. The van der Waals surface area contributed by atoms with E-state index in [0.717, 1.165) is 23.2 Å². The quantitative estimate of drug-likeness (QED) is 0.0933. The van der Waals surface area contributed by atoms with Crippen LogP contribution in [0.5, 0.6) is 0 Å². The number of rotatable bonds is 9. The maximum absolute atomic E-state index is 13.1. The molecule has 0 aliphatic carbocycles. The largest absolute Gasteiger partial charge is 0.462 e. The Morgan fingerprint density at radius 3 is 2.65 bits per heavy atom. The summed E-state index contributed by atoms with van der Waals surface area (Å²) in [5.74, 6) is -3.35. The fourth-order valence-corrected chi connectivity index (χ4v) is 5.27. The van der Waals surface area contributed by atoms with Gasteiger partial charge in [-0.3, -0.25) is 24.1 Å². The topological polar surface area (TPSA) is 200 Å². The van der Waals surface area contributed by atoms with Gasteiger partial charge in [-0.05, 0) is 11.6 Å². The highest BCUT2D eigenvalue weighted by molar-refractivity contribution is 8.00. The molecule has 1 fully saturated rings. The number of amides is 2. The predicted molar refractivity (Wildman–Crippen MR) is 130 cm³/mol. The van der Waals surface area contributed by atoms with Crippen molar-refractivity contribution in [3.05, 3.63) is 34.5 Å². The van der Waals surface area contributed by atoms with Crippen molar-refractivity contribution in [3.63, 3.8) is 0 Å². The number of thioether (sulfide) groups is 1. The standard InChI is InChI=1S/C21H23N5O9S2/c1-9(27)33-6-4-5-12-7-36-19-15(24-17(29)14(25-32)13-8-37-21(22)23-13)18(30)26(19)16(12)20(31)35-11(3)34-10(2)28/h4-5,8,11,15,19,32H,6-7H2,1-3H3,(H2,22,23)(H,24,29)/b5-4-,25-14-/t11?,15?,19-/m1/s1. The van der Waals surface area contributed by atoms with Gasteiger partial charge in [0.05, 0.1) is 0 Å². The average Bonchev–Trinajstić information content (AvgIpc) is 3.25. The Bertz CT molecular complexity index is 1210. The van der Waals surface area contributed by atoms with Crippen molar-refractivity contribution in [2.45, 2.75) is 38.5 Å². The number of allylic oxidation sites excluding steroid dienone is 1. The van der Waals surface area contributed by atoms with Crippen LogP contribution < -0.4 is 11.1 Å². The summed E-state index contributed by atoms with van der Waals surface area (Å²) in [6, 6.07) is -1.05. The van der Waals surface area contributed by atoms with Crippen LogP contribution in [0.15, 0.2) is 34.0 Å². The number of β-lactam (4-membered cyclic amide) rings is 1. The molecular weight excluding hydrogens is 530 g/mol. The number of esters is 3. The van der Waals surface area contributed by atoms with Crippen LogP contribution in [0.1, 0.15) is 26.5 Å². The lowest BCUT2D eigenvalue weighted by Crippen LogP contribution is -2.71. The van der Waals surface area contributed by atoms with E-state index in [1.165, 1.54) is 43.1 Å². The number of oxime groups is 1. The van der Waals surface area contributed by atoms with E-state index < -0.39 is 53.1 Å². The molecule has 0 radical (unpaired) electrons. The first-order chi connectivity index (χ1) is 17.5. The maximum Gasteiger partial charge on any atom is 0.358 e. The molecule has 16 heteroatoms. The number of aromatic nitrogens is 1. The maximum atomic E-state index is 13.1. The van der Waals surface area contributed by atoms with Crippen molar-refractivity contribution >= 4 is 63.7 Å². The number of nitrogens with one attached hydrogen (secondary N) is 1. The lowest BCUT2D eigenvalue weighted by Gasteiger charge is -2.49. The number of anilines is 1. The predicted octanol–water partition coefficient (Wildman–Crippen LogP) is 0.129. The summed E-state index contributed by atoms with van der Waals surface area (Å²) in [6.45, 7) is 3.68. The molecule has 0 saturated carbocycles. The second kappa shape index (κ2) is 11.9. The number of hydrogen-bond donors (Lipinski definition) is 3. The zero-order chi connectivity index (χ0) is 27.3. The zero-order valence-corrected chi connectivity index (χ0v) is 21.5. The van der Waals surface area contributed by atoms with Crippen LogP contribution in [0.3, 0.4) is 0 Å². The second-order valence-electron chi connectivity index (χ2n) is 7.54. The van der Waals surface area contributed by atoms with Gasteiger partial charge in [0, 0.05) is 31.9 Å². The molecule has 2 amide bonds. The first-order valence-electron chi connectivity index (χ1n) is 10.6. The summed E-state index contributed by atoms with van der Waals surface area (Å²) in [7, 11) is 0. The summed E-state index contributed by atoms with van der Waals surface area (Å²) in [6.07, 6.45) is 1.78. The van der Waals surface area contributed by atoms with Gasteiger partial charge in [-0.1, -0.05) is 11.2 Å². The highest BCUT2D eigenvalue weighted by atomic mass is 32.2. The van der Waals surface area contributed by atoms with Crippen LogP contribution in [-0.2, 0) is 38.2 Å². The van der Waals surface area contributed by atoms with Gasteiger partial charge < -0.3 is 30.5 Å². The number of nitrogen functional groups attached to an aromatic ring is 1. The van der Waals surface area contributed by atoms with Crippen LogP contribution in [0, 0.1) is 0 Å². The summed E-state index contributed by atoms with van der Waals surface area (Å²) < 4.78 is 14.9. The van der Waals surface area contributed by atoms with Gasteiger partial charge in [0.25, 0.3) is 11.8 Å². The molecular formula is C21H23N5O9S2. The number of nitrogens with zero attached hydrogens (tertiary/aromatic N) is 3. The van der Waals surface area contributed by atoms with Gasteiger partial charge in [-0.15, -0.1) is 23.1 Å². The van der Waals surface area contributed by atoms with Crippen LogP contribution in [0.4, 0.5) is 5.13 Å². The molecule has 1 aromatic rings. The Balaban J connectivity index is 1.81. The lowest BCUT2D eigenvalue weighted by molar-refractivity contribution is -0.182. The molecule has 0 bridgehead atoms. The van der Waals surface area contributed by atoms with E-state index in [1.807, 2.05) is 0 Å². The van der Waals surface area contributed by atoms with E-state index in [4.69, 9.17) is 19.9 Å². The van der Waals surface area contributed by atoms with Gasteiger partial charge in [0.1, 0.15) is 29.4 Å². The van der Waals surface area contributed by atoms with Crippen molar-refractivity contribution in [2.75, 3.05) is 18.1 Å². The summed E-state index contributed by atoms with van der Waals surface area (Å²) in [4.78, 5) is 66.0. The number of carbonyl (C=O) groups is 5. The number of hydrogen-bond acceptors (Lipinski definition) is 14. The molecule has 14 nitrogen and oxygen atoms in total. The van der Waals surface area contributed by atoms with Gasteiger partial charge in [0.15, 0.2) is 10.8 Å². The van der Waals surface area contributed by atoms with E-state index in [2.05, 4.69) is 15.5 Å². The van der Waals surface area contributed by atoms with Crippen molar-refractivity contribution in [1.82, 2.24) is 15.2 Å². The minimum Gasteiger partial charge on any atom is -0.462 e. The van der Waals surface area contributed by atoms with E-state index in [9.17, 15) is 29.2 Å². The smallest absolute Gasteiger partial charge is 0.358 e. The number of ether oxygens (including phenoxy) is 3. The van der Waals surface area contributed by atoms with Crippen LogP contribution in [0.25, 0.3) is 0 Å². The fraction of sp³-hybridized carbons (Fsp3) is 0.381. The van der Waals surface area contributed by atoms with E-state index in [1.54, 1.807) is 0 Å². The summed E-state index contributed by atoms with van der Waals surface area (Å²) in [5.41, 5.74) is 5.45. The molecule has 2 unspecified atom stereocenters. The number of carbonyl (C=O) groups excluding carboxylic acids is 5. The number of fused-ring (bicyclic) bond motifs is 1. The molecule has 37 heavy (non-hydrogen) atoms. The lowest BCUT2D eigenvalue weighted by atomic mass is 10.0. The third kappa shape index (κ3) is 6.45. The minimum absolute atomic E-state index is 0.0336. The first-order valence-corrected chi connectivity index (χ1v) is 12.6. The average molecular weight is 554 g/mol. The molecule has 3 rings (SSSR count). The van der Waals surface area contributed by atoms with Crippen molar-refractivity contribution in [2.24, 2.45) is 5.16 Å². The first kappa shape index (κ1) is 27.7. The number of thiazole rings is 1. The molecule has 198 valence electrons. The van der Waals surface area contributed by atoms with Crippen LogP contribution in [-0.4, -0.2) is 80.6 Å². The Morgan fingerprint density at radius 1 is 1.32 bits per heavy atom.